The van der Waals surface area contributed by atoms with Crippen molar-refractivity contribution < 1.29 is 23.9 Å². The molecule has 146 valence electrons. The quantitative estimate of drug-likeness (QED) is 0.684. The lowest BCUT2D eigenvalue weighted by Gasteiger charge is -2.08. The van der Waals surface area contributed by atoms with Crippen molar-refractivity contribution in [3.8, 4) is 5.75 Å². The minimum Gasteiger partial charge on any atom is -0.497 e. The number of carbonyl (C=O) groups is 3. The highest BCUT2D eigenvalue weighted by Gasteiger charge is 2.29. The van der Waals surface area contributed by atoms with Crippen LogP contribution < -0.4 is 15.4 Å². The maximum absolute atomic E-state index is 12.1. The zero-order valence-electron chi connectivity index (χ0n) is 15.6. The van der Waals surface area contributed by atoms with Gasteiger partial charge in [0.2, 0.25) is 5.91 Å². The summed E-state index contributed by atoms with van der Waals surface area (Å²) in [5.74, 6) is -0.181. The van der Waals surface area contributed by atoms with Crippen molar-refractivity contribution in [3.05, 3.63) is 59.7 Å². The predicted molar refractivity (Wildman–Crippen MR) is 103 cm³/mol. The first-order valence-corrected chi connectivity index (χ1v) is 9.03. The highest BCUT2D eigenvalue weighted by molar-refractivity contribution is 5.95. The lowest BCUT2D eigenvalue weighted by atomic mass is 10.2. The maximum Gasteiger partial charge on any atom is 0.338 e. The average Bonchev–Trinajstić information content (AvgIpc) is 3.56. The van der Waals surface area contributed by atoms with Crippen LogP contribution in [0, 0.1) is 5.92 Å². The number of nitrogens with one attached hydrogen (secondary N) is 2. The molecule has 7 nitrogen and oxygen atoms in total. The highest BCUT2D eigenvalue weighted by atomic mass is 16.5. The van der Waals surface area contributed by atoms with Crippen LogP contribution in [0.15, 0.2) is 48.5 Å². The van der Waals surface area contributed by atoms with Crippen LogP contribution in [-0.2, 0) is 20.9 Å². The van der Waals surface area contributed by atoms with E-state index in [1.54, 1.807) is 31.4 Å². The summed E-state index contributed by atoms with van der Waals surface area (Å²) in [4.78, 5) is 35.7. The Balaban J connectivity index is 1.42. The van der Waals surface area contributed by atoms with Gasteiger partial charge >= 0.3 is 5.97 Å². The molecule has 1 saturated carbocycles. The van der Waals surface area contributed by atoms with Gasteiger partial charge in [-0.25, -0.2) is 4.79 Å². The Bertz CT molecular complexity index is 859. The molecule has 0 unspecified atom stereocenters. The molecule has 0 bridgehead atoms. The van der Waals surface area contributed by atoms with E-state index in [2.05, 4.69) is 10.6 Å². The average molecular weight is 382 g/mol. The molecule has 2 N–H and O–H groups in total. The Morgan fingerprint density at radius 3 is 2.50 bits per heavy atom. The summed E-state index contributed by atoms with van der Waals surface area (Å²) >= 11 is 0. The summed E-state index contributed by atoms with van der Waals surface area (Å²) in [6.07, 6.45) is 1.85. The third-order valence-electron chi connectivity index (χ3n) is 4.29. The van der Waals surface area contributed by atoms with Crippen LogP contribution in [-0.4, -0.2) is 31.5 Å². The molecule has 2 amide bonds. The smallest absolute Gasteiger partial charge is 0.338 e. The number of hydrogen-bond donors (Lipinski definition) is 2. The molecule has 1 fully saturated rings. The van der Waals surface area contributed by atoms with Gasteiger partial charge in [-0.2, -0.15) is 0 Å². The number of carbonyl (C=O) groups excluding carboxylic acids is 3. The molecule has 0 radical (unpaired) electrons. The first kappa shape index (κ1) is 19.4. The van der Waals surface area contributed by atoms with Crippen molar-refractivity contribution in [3.63, 3.8) is 0 Å². The van der Waals surface area contributed by atoms with E-state index in [1.165, 1.54) is 0 Å². The van der Waals surface area contributed by atoms with E-state index in [-0.39, 0.29) is 18.4 Å². The van der Waals surface area contributed by atoms with Crippen LogP contribution in [0.4, 0.5) is 5.69 Å². The van der Waals surface area contributed by atoms with Crippen LogP contribution >= 0.6 is 0 Å². The van der Waals surface area contributed by atoms with E-state index < -0.39 is 11.9 Å². The second kappa shape index (κ2) is 9.03. The Morgan fingerprint density at radius 1 is 1.07 bits per heavy atom. The zero-order valence-corrected chi connectivity index (χ0v) is 15.6. The summed E-state index contributed by atoms with van der Waals surface area (Å²) in [5, 5.41) is 5.48. The number of amides is 2. The van der Waals surface area contributed by atoms with Gasteiger partial charge in [-0.05, 0) is 54.8 Å². The molecule has 2 aromatic carbocycles. The van der Waals surface area contributed by atoms with Crippen molar-refractivity contribution in [1.29, 1.82) is 0 Å². The van der Waals surface area contributed by atoms with E-state index in [4.69, 9.17) is 9.47 Å². The molecule has 0 saturated heterocycles. The molecule has 0 aliphatic heterocycles. The number of ether oxygens (including phenoxy) is 2. The Hall–Kier alpha value is -3.35. The Morgan fingerprint density at radius 2 is 1.82 bits per heavy atom. The van der Waals surface area contributed by atoms with Crippen LogP contribution in [0.1, 0.15) is 28.8 Å². The molecule has 0 aromatic heterocycles. The van der Waals surface area contributed by atoms with E-state index in [0.717, 1.165) is 18.4 Å². The van der Waals surface area contributed by atoms with Crippen LogP contribution in [0.3, 0.4) is 0 Å². The summed E-state index contributed by atoms with van der Waals surface area (Å²) in [6, 6.07) is 13.7. The topological polar surface area (TPSA) is 93.7 Å². The zero-order chi connectivity index (χ0) is 19.9. The molecule has 1 aliphatic rings. The van der Waals surface area contributed by atoms with Gasteiger partial charge in [0.05, 0.1) is 12.7 Å². The molecule has 2 aromatic rings. The molecule has 3 rings (SSSR count). The van der Waals surface area contributed by atoms with Crippen molar-refractivity contribution in [2.75, 3.05) is 19.0 Å². The van der Waals surface area contributed by atoms with Crippen molar-refractivity contribution in [2.45, 2.75) is 19.4 Å². The second-order valence-electron chi connectivity index (χ2n) is 6.55. The standard InChI is InChI=1S/C21H22N2O5/c1-27-18-4-2-3-14(11-18)12-22-19(24)13-28-21(26)16-7-9-17(10-8-16)23-20(25)15-5-6-15/h2-4,7-11,15H,5-6,12-13H2,1H3,(H,22,24)(H,23,25). The van der Waals surface area contributed by atoms with Gasteiger partial charge in [0.25, 0.3) is 5.91 Å². The predicted octanol–water partition coefficient (Wildman–Crippen LogP) is 2.52. The summed E-state index contributed by atoms with van der Waals surface area (Å²) in [5.41, 5.74) is 1.82. The van der Waals surface area contributed by atoms with Gasteiger partial charge in [-0.15, -0.1) is 0 Å². The minimum absolute atomic E-state index is 0.00281. The Labute approximate surface area is 163 Å². The molecule has 0 spiro atoms. The lowest BCUT2D eigenvalue weighted by Crippen LogP contribution is -2.28. The third-order valence-corrected chi connectivity index (χ3v) is 4.29. The molecular formula is C21H22N2O5. The fourth-order valence-corrected chi connectivity index (χ4v) is 2.53. The number of benzene rings is 2. The van der Waals surface area contributed by atoms with Gasteiger partial charge in [-0.3, -0.25) is 9.59 Å². The molecular weight excluding hydrogens is 360 g/mol. The first-order chi connectivity index (χ1) is 13.5. The number of methoxy groups -OCH3 is 1. The second-order valence-corrected chi connectivity index (χ2v) is 6.55. The van der Waals surface area contributed by atoms with Gasteiger partial charge in [0.1, 0.15) is 5.75 Å². The molecule has 1 aliphatic carbocycles. The normalized spacial score (nSPS) is 12.8. The fraction of sp³-hybridized carbons (Fsp3) is 0.286. The lowest BCUT2D eigenvalue weighted by molar-refractivity contribution is -0.124. The molecule has 0 atom stereocenters. The van der Waals surface area contributed by atoms with E-state index in [1.807, 2.05) is 24.3 Å². The molecule has 0 heterocycles. The summed E-state index contributed by atoms with van der Waals surface area (Å²) in [6.45, 7) is -0.0635. The van der Waals surface area contributed by atoms with Gasteiger partial charge < -0.3 is 20.1 Å². The number of rotatable bonds is 8. The van der Waals surface area contributed by atoms with Gasteiger partial charge in [0.15, 0.2) is 6.61 Å². The number of anilines is 1. The largest absolute Gasteiger partial charge is 0.497 e. The van der Waals surface area contributed by atoms with Crippen LogP contribution in [0.5, 0.6) is 5.75 Å². The van der Waals surface area contributed by atoms with Crippen LogP contribution in [0.2, 0.25) is 0 Å². The summed E-state index contributed by atoms with van der Waals surface area (Å²) in [7, 11) is 1.57. The first-order valence-electron chi connectivity index (χ1n) is 9.03. The van der Waals surface area contributed by atoms with Crippen molar-refractivity contribution in [1.82, 2.24) is 5.32 Å². The van der Waals surface area contributed by atoms with Gasteiger partial charge in [0, 0.05) is 18.2 Å². The number of hydrogen-bond acceptors (Lipinski definition) is 5. The van der Waals surface area contributed by atoms with Crippen molar-refractivity contribution in [2.24, 2.45) is 5.92 Å². The fourth-order valence-electron chi connectivity index (χ4n) is 2.53. The SMILES string of the molecule is COc1cccc(CNC(=O)COC(=O)c2ccc(NC(=O)C3CC3)cc2)c1. The van der Waals surface area contributed by atoms with Crippen molar-refractivity contribution >= 4 is 23.5 Å². The van der Waals surface area contributed by atoms with E-state index >= 15 is 0 Å². The summed E-state index contributed by atoms with van der Waals surface area (Å²) < 4.78 is 10.2. The number of esters is 1. The van der Waals surface area contributed by atoms with Gasteiger partial charge in [-0.1, -0.05) is 12.1 Å². The van der Waals surface area contributed by atoms with Crippen LogP contribution in [0.25, 0.3) is 0 Å². The minimum atomic E-state index is -0.600. The third kappa shape index (κ3) is 5.57. The monoisotopic (exact) mass is 382 g/mol. The van der Waals surface area contributed by atoms with E-state index in [9.17, 15) is 14.4 Å². The van der Waals surface area contributed by atoms with E-state index in [0.29, 0.717) is 23.5 Å². The molecule has 28 heavy (non-hydrogen) atoms. The molecule has 7 heteroatoms. The maximum atomic E-state index is 12.1. The Kier molecular flexibility index (Phi) is 6.26. The highest BCUT2D eigenvalue weighted by Crippen LogP contribution is 2.30.